The molecule has 0 saturated carbocycles. The summed E-state index contributed by atoms with van der Waals surface area (Å²) in [4.78, 5) is 28.3. The number of ether oxygens (including phenoxy) is 1. The summed E-state index contributed by atoms with van der Waals surface area (Å²) in [5.41, 5.74) is 0.773. The van der Waals surface area contributed by atoms with Crippen LogP contribution in [0.2, 0.25) is 0 Å². The number of carbonyl (C=O) groups is 1. The summed E-state index contributed by atoms with van der Waals surface area (Å²) >= 11 is 1.94. The van der Waals surface area contributed by atoms with Crippen LogP contribution in [0.5, 0.6) is 5.75 Å². The van der Waals surface area contributed by atoms with E-state index in [4.69, 9.17) is 9.15 Å². The Bertz CT molecular complexity index is 803. The number of hydrogen-bond donors (Lipinski definition) is 0. The van der Waals surface area contributed by atoms with Crippen LogP contribution in [0, 0.1) is 0 Å². The number of hydrogen-bond acceptors (Lipinski definition) is 6. The number of likely N-dealkylation sites (N-methyl/N-ethyl adjacent to an activating group) is 1. The van der Waals surface area contributed by atoms with Gasteiger partial charge in [0.1, 0.15) is 12.0 Å². The molecule has 0 bridgehead atoms. The second-order valence-corrected chi connectivity index (χ2v) is 7.71. The monoisotopic (exact) mass is 388 g/mol. The summed E-state index contributed by atoms with van der Waals surface area (Å²) in [6.07, 6.45) is 1.31. The number of benzene rings is 1. The summed E-state index contributed by atoms with van der Waals surface area (Å²) in [6.45, 7) is 2.90. The lowest BCUT2D eigenvalue weighted by atomic mass is 10.2. The van der Waals surface area contributed by atoms with Gasteiger partial charge >= 0.3 is 0 Å². The Balaban J connectivity index is 1.51. The third-order valence-corrected chi connectivity index (χ3v) is 5.32. The molecule has 1 saturated heterocycles. The lowest BCUT2D eigenvalue weighted by Gasteiger charge is -2.25. The van der Waals surface area contributed by atoms with E-state index < -0.39 is 0 Å². The fourth-order valence-electron chi connectivity index (χ4n) is 2.80. The number of amides is 1. The molecule has 0 aliphatic carbocycles. The SMILES string of the molecule is CN(Cc1ccccc1)C(=O)COc1coc(CN2CCSCC2)cc1=O. The number of carbonyl (C=O) groups excluding carboxylic acids is 1. The van der Waals surface area contributed by atoms with Crippen LogP contribution in [-0.4, -0.2) is 54.0 Å². The molecule has 7 heteroatoms. The maximum Gasteiger partial charge on any atom is 0.260 e. The molecule has 27 heavy (non-hydrogen) atoms. The van der Waals surface area contributed by atoms with Crippen molar-refractivity contribution in [2.45, 2.75) is 13.1 Å². The van der Waals surface area contributed by atoms with Crippen molar-refractivity contribution in [3.8, 4) is 5.75 Å². The molecule has 144 valence electrons. The highest BCUT2D eigenvalue weighted by Gasteiger charge is 2.15. The first-order chi connectivity index (χ1) is 13.1. The van der Waals surface area contributed by atoms with Gasteiger partial charge in [0.05, 0.1) is 6.54 Å². The van der Waals surface area contributed by atoms with Gasteiger partial charge in [0, 0.05) is 44.3 Å². The van der Waals surface area contributed by atoms with Crippen LogP contribution in [0.1, 0.15) is 11.3 Å². The minimum Gasteiger partial charge on any atom is -0.477 e. The Morgan fingerprint density at radius 3 is 2.70 bits per heavy atom. The molecule has 2 heterocycles. The molecule has 0 radical (unpaired) electrons. The molecule has 1 aliphatic heterocycles. The molecule has 6 nitrogen and oxygen atoms in total. The fourth-order valence-corrected chi connectivity index (χ4v) is 3.78. The van der Waals surface area contributed by atoms with E-state index in [2.05, 4.69) is 4.90 Å². The summed E-state index contributed by atoms with van der Waals surface area (Å²) in [5, 5.41) is 0. The number of thioether (sulfide) groups is 1. The molecule has 1 fully saturated rings. The first-order valence-electron chi connectivity index (χ1n) is 8.94. The fraction of sp³-hybridized carbons (Fsp3) is 0.400. The summed E-state index contributed by atoms with van der Waals surface area (Å²) in [6, 6.07) is 11.2. The lowest BCUT2D eigenvalue weighted by molar-refractivity contribution is -0.132. The van der Waals surface area contributed by atoms with Crippen molar-refractivity contribution in [1.82, 2.24) is 9.80 Å². The average Bonchev–Trinajstić information content (AvgIpc) is 2.68. The largest absolute Gasteiger partial charge is 0.477 e. The van der Waals surface area contributed by atoms with Gasteiger partial charge in [-0.15, -0.1) is 0 Å². The molecule has 0 atom stereocenters. The second kappa shape index (κ2) is 9.62. The van der Waals surface area contributed by atoms with Gasteiger partial charge in [-0.3, -0.25) is 14.5 Å². The van der Waals surface area contributed by atoms with Crippen LogP contribution in [0.25, 0.3) is 0 Å². The van der Waals surface area contributed by atoms with Crippen molar-refractivity contribution in [2.24, 2.45) is 0 Å². The van der Waals surface area contributed by atoms with Gasteiger partial charge < -0.3 is 14.1 Å². The molecule has 1 aliphatic rings. The van der Waals surface area contributed by atoms with Gasteiger partial charge in [0.25, 0.3) is 5.91 Å². The second-order valence-electron chi connectivity index (χ2n) is 6.49. The van der Waals surface area contributed by atoms with Crippen LogP contribution < -0.4 is 10.2 Å². The van der Waals surface area contributed by atoms with E-state index in [0.717, 1.165) is 30.2 Å². The zero-order valence-electron chi connectivity index (χ0n) is 15.4. The molecule has 1 amide bonds. The minimum absolute atomic E-state index is 0.0643. The molecular weight excluding hydrogens is 364 g/mol. The third-order valence-electron chi connectivity index (χ3n) is 4.37. The van der Waals surface area contributed by atoms with Crippen LogP contribution in [-0.2, 0) is 17.9 Å². The Kier molecular flexibility index (Phi) is 6.95. The highest BCUT2D eigenvalue weighted by Crippen LogP contribution is 2.14. The topological polar surface area (TPSA) is 63.0 Å². The number of rotatable bonds is 7. The van der Waals surface area contributed by atoms with Gasteiger partial charge in [-0.1, -0.05) is 30.3 Å². The summed E-state index contributed by atoms with van der Waals surface area (Å²) < 4.78 is 10.9. The first kappa shape index (κ1) is 19.5. The molecule has 3 rings (SSSR count). The van der Waals surface area contributed by atoms with Gasteiger partial charge in [0.2, 0.25) is 11.2 Å². The van der Waals surface area contributed by atoms with Crippen molar-refractivity contribution < 1.29 is 13.9 Å². The predicted molar refractivity (Wildman–Crippen MR) is 106 cm³/mol. The highest BCUT2D eigenvalue weighted by atomic mass is 32.2. The maximum atomic E-state index is 12.2. The van der Waals surface area contributed by atoms with Crippen LogP contribution in [0.4, 0.5) is 0 Å². The Hall–Kier alpha value is -2.25. The quantitative estimate of drug-likeness (QED) is 0.725. The summed E-state index contributed by atoms with van der Waals surface area (Å²) in [7, 11) is 1.71. The van der Waals surface area contributed by atoms with E-state index in [9.17, 15) is 9.59 Å². The van der Waals surface area contributed by atoms with Crippen molar-refractivity contribution in [3.63, 3.8) is 0 Å². The van der Waals surface area contributed by atoms with Crippen molar-refractivity contribution >= 4 is 17.7 Å². The van der Waals surface area contributed by atoms with Crippen molar-refractivity contribution in [1.29, 1.82) is 0 Å². The van der Waals surface area contributed by atoms with Gasteiger partial charge in [-0.2, -0.15) is 11.8 Å². The molecule has 2 aromatic rings. The molecular formula is C20H24N2O4S. The zero-order chi connectivity index (χ0) is 19.1. The van der Waals surface area contributed by atoms with Gasteiger partial charge in [-0.05, 0) is 5.56 Å². The van der Waals surface area contributed by atoms with E-state index in [-0.39, 0.29) is 23.7 Å². The Morgan fingerprint density at radius 2 is 2.00 bits per heavy atom. The Morgan fingerprint density at radius 1 is 1.26 bits per heavy atom. The van der Waals surface area contributed by atoms with Gasteiger partial charge in [-0.25, -0.2) is 0 Å². The average molecular weight is 388 g/mol. The summed E-state index contributed by atoms with van der Waals surface area (Å²) in [5.74, 6) is 2.68. The molecule has 0 spiro atoms. The molecule has 1 aromatic carbocycles. The van der Waals surface area contributed by atoms with Crippen molar-refractivity contribution in [3.05, 3.63) is 64.2 Å². The lowest BCUT2D eigenvalue weighted by Crippen LogP contribution is -2.32. The third kappa shape index (κ3) is 5.87. The standard InChI is InChI=1S/C20H24N2O4S/c1-21(12-16-5-3-2-4-6-16)20(24)15-26-19-14-25-17(11-18(19)23)13-22-7-9-27-10-8-22/h2-6,11,14H,7-10,12-13,15H2,1H3. The predicted octanol–water partition coefficient (Wildman–Crippen LogP) is 2.23. The van der Waals surface area contributed by atoms with E-state index in [0.29, 0.717) is 18.8 Å². The maximum absolute atomic E-state index is 12.2. The van der Waals surface area contributed by atoms with Crippen molar-refractivity contribution in [2.75, 3.05) is 38.2 Å². The molecule has 0 N–H and O–H groups in total. The van der Waals surface area contributed by atoms with E-state index in [1.54, 1.807) is 11.9 Å². The highest BCUT2D eigenvalue weighted by molar-refractivity contribution is 7.99. The van der Waals surface area contributed by atoms with E-state index in [1.807, 2.05) is 42.1 Å². The smallest absolute Gasteiger partial charge is 0.260 e. The Labute approximate surface area is 163 Å². The zero-order valence-corrected chi connectivity index (χ0v) is 16.2. The number of nitrogens with zero attached hydrogens (tertiary/aromatic N) is 2. The molecule has 1 aromatic heterocycles. The van der Waals surface area contributed by atoms with E-state index in [1.165, 1.54) is 12.3 Å². The molecule has 0 unspecified atom stereocenters. The van der Waals surface area contributed by atoms with Crippen LogP contribution >= 0.6 is 11.8 Å². The minimum atomic E-state index is -0.263. The van der Waals surface area contributed by atoms with E-state index >= 15 is 0 Å². The normalized spacial score (nSPS) is 14.7. The van der Waals surface area contributed by atoms with Crippen LogP contribution in [0.15, 0.2) is 51.9 Å². The van der Waals surface area contributed by atoms with Gasteiger partial charge in [0.15, 0.2) is 6.61 Å². The van der Waals surface area contributed by atoms with Crippen LogP contribution in [0.3, 0.4) is 0 Å². The first-order valence-corrected chi connectivity index (χ1v) is 10.1.